The number of nitrogens with zero attached hydrogens (tertiary/aromatic N) is 1. The van der Waals surface area contributed by atoms with Gasteiger partial charge >= 0.3 is 0 Å². The van der Waals surface area contributed by atoms with Gasteiger partial charge in [0, 0.05) is 17.0 Å². The zero-order chi connectivity index (χ0) is 15.8. The van der Waals surface area contributed by atoms with Crippen molar-refractivity contribution >= 4 is 23.3 Å². The van der Waals surface area contributed by atoms with Gasteiger partial charge in [-0.25, -0.2) is 4.98 Å². The lowest BCUT2D eigenvalue weighted by Crippen LogP contribution is -2.20. The van der Waals surface area contributed by atoms with E-state index in [-0.39, 0.29) is 12.5 Å². The van der Waals surface area contributed by atoms with E-state index < -0.39 is 0 Å². The molecular formula is C17H16N2O2S. The summed E-state index contributed by atoms with van der Waals surface area (Å²) in [6.45, 7) is 2.57. The van der Waals surface area contributed by atoms with Gasteiger partial charge in [0.05, 0.1) is 17.2 Å². The summed E-state index contributed by atoms with van der Waals surface area (Å²) in [5.41, 5.74) is 1.72. The Balaban J connectivity index is 2.02. The lowest BCUT2D eigenvalue weighted by molar-refractivity contribution is -0.116. The highest BCUT2D eigenvalue weighted by atomic mass is 32.1. The zero-order valence-corrected chi connectivity index (χ0v) is 13.0. The minimum atomic E-state index is -0.233. The SMILES string of the molecule is C#CCNC(=O)/C=C/c1ccccc1OCc1csc(C)n1. The fraction of sp³-hybridized carbons (Fsp3) is 0.176. The number of thiazole rings is 1. The van der Waals surface area contributed by atoms with Crippen molar-refractivity contribution in [1.82, 2.24) is 10.3 Å². The number of carbonyl (C=O) groups is 1. The Labute approximate surface area is 133 Å². The maximum Gasteiger partial charge on any atom is 0.244 e. The molecule has 0 spiro atoms. The molecule has 1 heterocycles. The summed E-state index contributed by atoms with van der Waals surface area (Å²) in [5, 5.41) is 5.56. The molecule has 0 unspecified atom stereocenters. The van der Waals surface area contributed by atoms with Crippen LogP contribution in [0.15, 0.2) is 35.7 Å². The Morgan fingerprint density at radius 3 is 3.05 bits per heavy atom. The first kappa shape index (κ1) is 15.8. The Morgan fingerprint density at radius 1 is 1.50 bits per heavy atom. The average molecular weight is 312 g/mol. The predicted octanol–water partition coefficient (Wildman–Crippen LogP) is 2.79. The molecule has 5 heteroatoms. The highest BCUT2D eigenvalue weighted by Gasteiger charge is 2.03. The van der Waals surface area contributed by atoms with Crippen molar-refractivity contribution in [3.05, 3.63) is 52.0 Å². The predicted molar refractivity (Wildman–Crippen MR) is 88.5 cm³/mol. The van der Waals surface area contributed by atoms with Crippen molar-refractivity contribution < 1.29 is 9.53 Å². The van der Waals surface area contributed by atoms with Gasteiger partial charge in [0.25, 0.3) is 0 Å². The quantitative estimate of drug-likeness (QED) is 0.659. The van der Waals surface area contributed by atoms with Crippen LogP contribution in [0, 0.1) is 19.3 Å². The van der Waals surface area contributed by atoms with Gasteiger partial charge in [-0.1, -0.05) is 24.1 Å². The van der Waals surface area contributed by atoms with Crippen molar-refractivity contribution in [2.24, 2.45) is 0 Å². The smallest absolute Gasteiger partial charge is 0.244 e. The number of terminal acetylenes is 1. The third-order valence-electron chi connectivity index (χ3n) is 2.74. The lowest BCUT2D eigenvalue weighted by atomic mass is 10.2. The van der Waals surface area contributed by atoms with E-state index in [2.05, 4.69) is 16.2 Å². The van der Waals surface area contributed by atoms with Crippen LogP contribution < -0.4 is 10.1 Å². The molecular weight excluding hydrogens is 296 g/mol. The molecule has 1 aromatic carbocycles. The van der Waals surface area contributed by atoms with Crippen LogP contribution in [0.4, 0.5) is 0 Å². The lowest BCUT2D eigenvalue weighted by Gasteiger charge is -2.07. The second-order valence-electron chi connectivity index (χ2n) is 4.44. The standard InChI is InChI=1S/C17H16N2O2S/c1-3-10-18-17(20)9-8-14-6-4-5-7-16(14)21-11-15-12-22-13(2)19-15/h1,4-9,12H,10-11H2,2H3,(H,18,20)/b9-8+. The minimum Gasteiger partial charge on any atom is -0.487 e. The molecule has 4 nitrogen and oxygen atoms in total. The molecule has 1 N–H and O–H groups in total. The van der Waals surface area contributed by atoms with Gasteiger partial charge in [0.1, 0.15) is 12.4 Å². The fourth-order valence-corrected chi connectivity index (χ4v) is 2.34. The Morgan fingerprint density at radius 2 is 2.32 bits per heavy atom. The molecule has 0 atom stereocenters. The number of aromatic nitrogens is 1. The third kappa shape index (κ3) is 4.76. The first-order chi connectivity index (χ1) is 10.7. The fourth-order valence-electron chi connectivity index (χ4n) is 1.74. The van der Waals surface area contributed by atoms with E-state index in [1.165, 1.54) is 6.08 Å². The first-order valence-corrected chi connectivity index (χ1v) is 7.59. The summed E-state index contributed by atoms with van der Waals surface area (Å²) in [6.07, 6.45) is 8.23. The summed E-state index contributed by atoms with van der Waals surface area (Å²) in [6, 6.07) is 7.51. The van der Waals surface area contributed by atoms with Crippen molar-refractivity contribution in [2.45, 2.75) is 13.5 Å². The second-order valence-corrected chi connectivity index (χ2v) is 5.50. The average Bonchev–Trinajstić information content (AvgIpc) is 2.95. The van der Waals surface area contributed by atoms with E-state index in [1.54, 1.807) is 17.4 Å². The van der Waals surface area contributed by atoms with Gasteiger partial charge in [0.2, 0.25) is 5.91 Å². The van der Waals surface area contributed by atoms with E-state index in [0.29, 0.717) is 12.4 Å². The van der Waals surface area contributed by atoms with Crippen LogP contribution in [0.1, 0.15) is 16.3 Å². The number of benzene rings is 1. The molecule has 22 heavy (non-hydrogen) atoms. The van der Waals surface area contributed by atoms with E-state index in [0.717, 1.165) is 16.3 Å². The van der Waals surface area contributed by atoms with Gasteiger partial charge in [-0.2, -0.15) is 0 Å². The van der Waals surface area contributed by atoms with Crippen LogP contribution in [-0.4, -0.2) is 17.4 Å². The highest BCUT2D eigenvalue weighted by Crippen LogP contribution is 2.21. The maximum atomic E-state index is 11.5. The molecule has 0 aliphatic carbocycles. The van der Waals surface area contributed by atoms with Gasteiger partial charge in [-0.3, -0.25) is 4.79 Å². The molecule has 1 aromatic heterocycles. The number of aryl methyl sites for hydroxylation is 1. The molecule has 0 aliphatic heterocycles. The number of rotatable bonds is 6. The molecule has 1 amide bonds. The first-order valence-electron chi connectivity index (χ1n) is 6.71. The van der Waals surface area contributed by atoms with Crippen molar-refractivity contribution in [1.29, 1.82) is 0 Å². The van der Waals surface area contributed by atoms with E-state index in [4.69, 9.17) is 11.2 Å². The minimum absolute atomic E-state index is 0.213. The summed E-state index contributed by atoms with van der Waals surface area (Å²) in [5.74, 6) is 2.82. The largest absolute Gasteiger partial charge is 0.487 e. The van der Waals surface area contributed by atoms with Crippen LogP contribution in [0.3, 0.4) is 0 Å². The van der Waals surface area contributed by atoms with Gasteiger partial charge in [-0.15, -0.1) is 17.8 Å². The van der Waals surface area contributed by atoms with Crippen LogP contribution in [0.2, 0.25) is 0 Å². The van der Waals surface area contributed by atoms with Crippen molar-refractivity contribution in [3.8, 4) is 18.1 Å². The van der Waals surface area contributed by atoms with Crippen LogP contribution in [-0.2, 0) is 11.4 Å². The summed E-state index contributed by atoms with van der Waals surface area (Å²) in [7, 11) is 0. The van der Waals surface area contributed by atoms with Crippen molar-refractivity contribution in [2.75, 3.05) is 6.54 Å². The zero-order valence-electron chi connectivity index (χ0n) is 12.2. The van der Waals surface area contributed by atoms with Gasteiger partial charge in [-0.05, 0) is 19.1 Å². The van der Waals surface area contributed by atoms with Crippen LogP contribution >= 0.6 is 11.3 Å². The van der Waals surface area contributed by atoms with E-state index in [9.17, 15) is 4.79 Å². The molecule has 0 bridgehead atoms. The molecule has 0 saturated carbocycles. The number of ether oxygens (including phenoxy) is 1. The second kappa shape index (κ2) is 8.01. The molecule has 2 rings (SSSR count). The van der Waals surface area contributed by atoms with Crippen LogP contribution in [0.5, 0.6) is 5.75 Å². The Hall–Kier alpha value is -2.58. The number of hydrogen-bond acceptors (Lipinski definition) is 4. The Bertz CT molecular complexity index is 713. The van der Waals surface area contributed by atoms with Crippen LogP contribution in [0.25, 0.3) is 6.08 Å². The van der Waals surface area contributed by atoms with E-state index >= 15 is 0 Å². The number of hydrogen-bond donors (Lipinski definition) is 1. The number of nitrogens with one attached hydrogen (secondary N) is 1. The maximum absolute atomic E-state index is 11.5. The molecule has 0 fully saturated rings. The monoisotopic (exact) mass is 312 g/mol. The number of amides is 1. The summed E-state index contributed by atoms with van der Waals surface area (Å²) in [4.78, 5) is 15.9. The molecule has 2 aromatic rings. The summed E-state index contributed by atoms with van der Waals surface area (Å²) < 4.78 is 5.78. The topological polar surface area (TPSA) is 51.2 Å². The Kier molecular flexibility index (Phi) is 5.75. The molecule has 112 valence electrons. The third-order valence-corrected chi connectivity index (χ3v) is 3.56. The molecule has 0 radical (unpaired) electrons. The molecule has 0 saturated heterocycles. The van der Waals surface area contributed by atoms with Gasteiger partial charge < -0.3 is 10.1 Å². The van der Waals surface area contributed by atoms with E-state index in [1.807, 2.05) is 36.6 Å². The summed E-state index contributed by atoms with van der Waals surface area (Å²) >= 11 is 1.59. The highest BCUT2D eigenvalue weighted by molar-refractivity contribution is 7.09. The van der Waals surface area contributed by atoms with Crippen molar-refractivity contribution in [3.63, 3.8) is 0 Å². The number of carbonyl (C=O) groups excluding carboxylic acids is 1. The normalized spacial score (nSPS) is 10.4. The van der Waals surface area contributed by atoms with Gasteiger partial charge in [0.15, 0.2) is 0 Å². The molecule has 0 aliphatic rings. The number of para-hydroxylation sites is 1.